The average molecular weight is 331 g/mol. The highest BCUT2D eigenvalue weighted by Gasteiger charge is 2.41. The predicted octanol–water partition coefficient (Wildman–Crippen LogP) is 6.16. The monoisotopic (exact) mass is 330 g/mol. The minimum absolute atomic E-state index is 0.155. The van der Waals surface area contributed by atoms with Gasteiger partial charge in [0.05, 0.1) is 6.10 Å². The Morgan fingerprint density at radius 2 is 1.79 bits per heavy atom. The molecule has 2 heteroatoms. The molecule has 0 aromatic heterocycles. The first-order chi connectivity index (χ1) is 11.5. The van der Waals surface area contributed by atoms with Crippen LogP contribution in [-0.2, 0) is 4.74 Å². The van der Waals surface area contributed by atoms with E-state index in [1.807, 2.05) is 6.92 Å². The van der Waals surface area contributed by atoms with Crippen molar-refractivity contribution in [2.24, 2.45) is 17.8 Å². The lowest BCUT2D eigenvalue weighted by Crippen LogP contribution is -2.28. The summed E-state index contributed by atoms with van der Waals surface area (Å²) in [4.78, 5) is 0. The van der Waals surface area contributed by atoms with Crippen molar-refractivity contribution in [2.75, 3.05) is 0 Å². The van der Waals surface area contributed by atoms with Crippen LogP contribution in [0, 0.1) is 17.8 Å². The zero-order chi connectivity index (χ0) is 17.1. The van der Waals surface area contributed by atoms with E-state index in [-0.39, 0.29) is 6.29 Å². The molecule has 0 heterocycles. The van der Waals surface area contributed by atoms with Crippen molar-refractivity contribution in [3.8, 4) is 5.75 Å². The molecule has 0 amide bonds. The fourth-order valence-corrected chi connectivity index (χ4v) is 4.74. The lowest BCUT2D eigenvalue weighted by atomic mass is 9.88. The molecular formula is C22H34O2. The molecule has 2 bridgehead atoms. The molecule has 134 valence electrons. The van der Waals surface area contributed by atoms with E-state index in [2.05, 4.69) is 45.0 Å². The van der Waals surface area contributed by atoms with Gasteiger partial charge in [0, 0.05) is 0 Å². The Labute approximate surface area is 147 Å². The van der Waals surface area contributed by atoms with E-state index >= 15 is 0 Å². The average Bonchev–Trinajstić information content (AvgIpc) is 3.16. The summed E-state index contributed by atoms with van der Waals surface area (Å²) < 4.78 is 12.2. The molecule has 0 N–H and O–H groups in total. The van der Waals surface area contributed by atoms with Gasteiger partial charge in [0.15, 0.2) is 6.29 Å². The third-order valence-corrected chi connectivity index (χ3v) is 5.94. The van der Waals surface area contributed by atoms with Crippen molar-refractivity contribution < 1.29 is 9.47 Å². The van der Waals surface area contributed by atoms with Gasteiger partial charge in [0.1, 0.15) is 5.75 Å². The van der Waals surface area contributed by atoms with Gasteiger partial charge in [-0.15, -0.1) is 0 Å². The minimum atomic E-state index is -0.155. The molecule has 0 spiro atoms. The summed E-state index contributed by atoms with van der Waals surface area (Å²) in [6.07, 6.45) is 8.10. The Kier molecular flexibility index (Phi) is 5.86. The van der Waals surface area contributed by atoms with Crippen LogP contribution in [0.1, 0.15) is 77.7 Å². The highest BCUT2D eigenvalue weighted by Crippen LogP contribution is 2.46. The summed E-state index contributed by atoms with van der Waals surface area (Å²) in [5.74, 6) is 4.01. The van der Waals surface area contributed by atoms with Crippen LogP contribution in [-0.4, -0.2) is 12.4 Å². The summed E-state index contributed by atoms with van der Waals surface area (Å²) >= 11 is 0. The van der Waals surface area contributed by atoms with Crippen LogP contribution in [0.2, 0.25) is 0 Å². The molecule has 1 aromatic carbocycles. The zero-order valence-corrected chi connectivity index (χ0v) is 15.8. The second-order valence-corrected chi connectivity index (χ2v) is 8.34. The van der Waals surface area contributed by atoms with Crippen LogP contribution in [0.25, 0.3) is 0 Å². The van der Waals surface area contributed by atoms with Gasteiger partial charge in [-0.25, -0.2) is 0 Å². The standard InChI is InChI=1S/C22H34O2/c1-5-18(12-15(2)3)19-8-10-21(11-9-19)23-16(4)24-22-14-17-6-7-20(22)13-17/h8-11,15-18,20,22H,5-7,12-14H2,1-4H3. The Morgan fingerprint density at radius 3 is 2.33 bits per heavy atom. The van der Waals surface area contributed by atoms with Crippen molar-refractivity contribution in [1.29, 1.82) is 0 Å². The number of benzene rings is 1. The van der Waals surface area contributed by atoms with Gasteiger partial charge >= 0.3 is 0 Å². The van der Waals surface area contributed by atoms with Gasteiger partial charge in [0.2, 0.25) is 0 Å². The molecule has 0 radical (unpaired) electrons. The topological polar surface area (TPSA) is 18.5 Å². The van der Waals surface area contributed by atoms with Gasteiger partial charge in [-0.05, 0) is 86.8 Å². The molecule has 2 saturated carbocycles. The summed E-state index contributed by atoms with van der Waals surface area (Å²) in [5, 5.41) is 0. The number of hydrogen-bond acceptors (Lipinski definition) is 2. The minimum Gasteiger partial charge on any atom is -0.465 e. The second kappa shape index (κ2) is 7.91. The van der Waals surface area contributed by atoms with Gasteiger partial charge < -0.3 is 9.47 Å². The summed E-state index contributed by atoms with van der Waals surface area (Å²) in [6.45, 7) is 8.92. The van der Waals surface area contributed by atoms with Gasteiger partial charge in [-0.1, -0.05) is 32.9 Å². The predicted molar refractivity (Wildman–Crippen MR) is 99.3 cm³/mol. The van der Waals surface area contributed by atoms with Crippen molar-refractivity contribution in [2.45, 2.75) is 84.5 Å². The summed E-state index contributed by atoms with van der Waals surface area (Å²) in [6, 6.07) is 8.68. The zero-order valence-electron chi connectivity index (χ0n) is 15.8. The molecule has 3 rings (SSSR count). The Hall–Kier alpha value is -1.02. The second-order valence-electron chi connectivity index (χ2n) is 8.34. The van der Waals surface area contributed by atoms with Crippen LogP contribution in [0.5, 0.6) is 5.75 Å². The molecule has 2 fully saturated rings. The highest BCUT2D eigenvalue weighted by atomic mass is 16.7. The molecule has 2 aliphatic carbocycles. The maximum absolute atomic E-state index is 6.18. The van der Waals surface area contributed by atoms with E-state index in [0.29, 0.717) is 12.0 Å². The molecule has 2 nitrogen and oxygen atoms in total. The Morgan fingerprint density at radius 1 is 1.04 bits per heavy atom. The number of hydrogen-bond donors (Lipinski definition) is 0. The van der Waals surface area contributed by atoms with Crippen LogP contribution < -0.4 is 4.74 Å². The first-order valence-electron chi connectivity index (χ1n) is 9.97. The van der Waals surface area contributed by atoms with E-state index in [4.69, 9.17) is 9.47 Å². The molecule has 0 saturated heterocycles. The molecule has 5 atom stereocenters. The Balaban J connectivity index is 1.51. The van der Waals surface area contributed by atoms with E-state index < -0.39 is 0 Å². The molecule has 0 aliphatic heterocycles. The first kappa shape index (κ1) is 17.8. The number of fused-ring (bicyclic) bond motifs is 2. The third-order valence-electron chi connectivity index (χ3n) is 5.94. The quantitative estimate of drug-likeness (QED) is 0.532. The van der Waals surface area contributed by atoms with E-state index in [1.165, 1.54) is 44.1 Å². The fourth-order valence-electron chi connectivity index (χ4n) is 4.74. The first-order valence-corrected chi connectivity index (χ1v) is 9.97. The molecule has 5 unspecified atom stereocenters. The maximum Gasteiger partial charge on any atom is 0.197 e. The van der Waals surface area contributed by atoms with Crippen LogP contribution in [0.4, 0.5) is 0 Å². The van der Waals surface area contributed by atoms with Crippen molar-refractivity contribution in [3.05, 3.63) is 29.8 Å². The van der Waals surface area contributed by atoms with Crippen molar-refractivity contribution in [3.63, 3.8) is 0 Å². The van der Waals surface area contributed by atoms with Gasteiger partial charge in [-0.3, -0.25) is 0 Å². The molecule has 1 aromatic rings. The SMILES string of the molecule is CCC(CC(C)C)c1ccc(OC(C)OC2CC3CCC2C3)cc1. The largest absolute Gasteiger partial charge is 0.465 e. The summed E-state index contributed by atoms with van der Waals surface area (Å²) in [7, 11) is 0. The van der Waals surface area contributed by atoms with Crippen molar-refractivity contribution >= 4 is 0 Å². The molecular weight excluding hydrogens is 296 g/mol. The van der Waals surface area contributed by atoms with Gasteiger partial charge in [-0.2, -0.15) is 0 Å². The lowest BCUT2D eigenvalue weighted by molar-refractivity contribution is -0.123. The van der Waals surface area contributed by atoms with Crippen LogP contribution in [0.15, 0.2) is 24.3 Å². The number of ether oxygens (including phenoxy) is 2. The molecule has 24 heavy (non-hydrogen) atoms. The van der Waals surface area contributed by atoms with E-state index in [0.717, 1.165) is 23.5 Å². The number of rotatable bonds is 8. The van der Waals surface area contributed by atoms with E-state index in [9.17, 15) is 0 Å². The summed E-state index contributed by atoms with van der Waals surface area (Å²) in [5.41, 5.74) is 1.43. The Bertz CT molecular complexity index is 507. The van der Waals surface area contributed by atoms with E-state index in [1.54, 1.807) is 0 Å². The maximum atomic E-state index is 6.18. The van der Waals surface area contributed by atoms with Crippen molar-refractivity contribution in [1.82, 2.24) is 0 Å². The highest BCUT2D eigenvalue weighted by molar-refractivity contribution is 5.29. The fraction of sp³-hybridized carbons (Fsp3) is 0.727. The normalized spacial score (nSPS) is 28.3. The van der Waals surface area contributed by atoms with Crippen LogP contribution >= 0.6 is 0 Å². The van der Waals surface area contributed by atoms with Gasteiger partial charge in [0.25, 0.3) is 0 Å². The third kappa shape index (κ3) is 4.33. The molecule has 2 aliphatic rings. The smallest absolute Gasteiger partial charge is 0.197 e. The van der Waals surface area contributed by atoms with Crippen LogP contribution in [0.3, 0.4) is 0 Å². The lowest BCUT2D eigenvalue weighted by Gasteiger charge is -2.26.